The quantitative estimate of drug-likeness (QED) is 0.304. The van der Waals surface area contributed by atoms with Gasteiger partial charge in [0.1, 0.15) is 0 Å². The van der Waals surface area contributed by atoms with Crippen LogP contribution in [0.2, 0.25) is 10.0 Å². The Balaban J connectivity index is 0.000000321. The lowest BCUT2D eigenvalue weighted by Crippen LogP contribution is -2.21. The predicted octanol–water partition coefficient (Wildman–Crippen LogP) is 5.60. The van der Waals surface area contributed by atoms with Crippen LogP contribution in [0.25, 0.3) is 0 Å². The number of benzene rings is 1. The number of aliphatic carboxylic acids is 1. The smallest absolute Gasteiger partial charge is 0.303 e. The Kier molecular flexibility index (Phi) is 11.1. The van der Waals surface area contributed by atoms with Crippen LogP contribution in [0.1, 0.15) is 39.0 Å². The second-order valence-corrected chi connectivity index (χ2v) is 7.78. The van der Waals surface area contributed by atoms with Crippen LogP contribution in [-0.4, -0.2) is 34.2 Å². The van der Waals surface area contributed by atoms with Crippen LogP contribution in [-0.2, 0) is 4.79 Å². The van der Waals surface area contributed by atoms with Crippen molar-refractivity contribution in [3.05, 3.63) is 40.4 Å². The van der Waals surface area contributed by atoms with Crippen LogP contribution in [0, 0.1) is 5.92 Å². The molecule has 0 aliphatic heterocycles. The van der Waals surface area contributed by atoms with E-state index in [0.717, 1.165) is 24.9 Å². The predicted molar refractivity (Wildman–Crippen MR) is 110 cm³/mol. The summed E-state index contributed by atoms with van der Waals surface area (Å²) in [6.07, 6.45) is 7.01. The van der Waals surface area contributed by atoms with Crippen molar-refractivity contribution in [2.75, 3.05) is 11.9 Å². The highest BCUT2D eigenvalue weighted by molar-refractivity contribution is 6.35. The first-order valence-electron chi connectivity index (χ1n) is 8.66. The van der Waals surface area contributed by atoms with Crippen molar-refractivity contribution >= 4 is 46.5 Å². The molecule has 3 unspecified atom stereocenters. The molecule has 1 saturated carbocycles. The van der Waals surface area contributed by atoms with Gasteiger partial charge in [0.15, 0.2) is 0 Å². The Morgan fingerprint density at radius 2 is 1.92 bits per heavy atom. The summed E-state index contributed by atoms with van der Waals surface area (Å²) in [4.78, 5) is 9.94. The van der Waals surface area contributed by atoms with Gasteiger partial charge in [-0.3, -0.25) is 4.79 Å². The van der Waals surface area contributed by atoms with Gasteiger partial charge in [0.25, 0.3) is 0 Å². The lowest BCUT2D eigenvalue weighted by atomic mass is 10.1. The summed E-state index contributed by atoms with van der Waals surface area (Å²) in [7, 11) is 0. The second kappa shape index (κ2) is 12.4. The number of allylic oxidation sites excluding steroid dienone is 2. The van der Waals surface area contributed by atoms with Crippen molar-refractivity contribution in [1.82, 2.24) is 0 Å². The van der Waals surface area contributed by atoms with E-state index in [1.807, 2.05) is 31.2 Å². The van der Waals surface area contributed by atoms with Crippen LogP contribution in [0.15, 0.2) is 30.4 Å². The van der Waals surface area contributed by atoms with Crippen molar-refractivity contribution in [1.29, 1.82) is 0 Å². The number of nitrogens with one attached hydrogen (secondary N) is 1. The molecule has 2 rings (SSSR count). The van der Waals surface area contributed by atoms with Gasteiger partial charge in [-0.1, -0.05) is 35.4 Å². The third kappa shape index (κ3) is 9.67. The number of carbonyl (C=O) groups is 1. The first kappa shape index (κ1) is 23.1. The van der Waals surface area contributed by atoms with Crippen LogP contribution >= 0.6 is 34.8 Å². The first-order valence-corrected chi connectivity index (χ1v) is 9.86. The van der Waals surface area contributed by atoms with Crippen molar-refractivity contribution in [3.8, 4) is 0 Å². The van der Waals surface area contributed by atoms with Crippen molar-refractivity contribution in [2.45, 2.75) is 50.5 Å². The van der Waals surface area contributed by atoms with E-state index in [-0.39, 0.29) is 23.8 Å². The maximum Gasteiger partial charge on any atom is 0.303 e. The molecule has 0 spiro atoms. The number of hydrogen-bond donors (Lipinski definition) is 3. The summed E-state index contributed by atoms with van der Waals surface area (Å²) in [6, 6.07) is 5.31. The Hall–Kier alpha value is -0.940. The fourth-order valence-corrected chi connectivity index (χ4v) is 3.64. The minimum absolute atomic E-state index is 0.0831. The van der Waals surface area contributed by atoms with Crippen LogP contribution in [0.3, 0.4) is 0 Å². The van der Waals surface area contributed by atoms with E-state index < -0.39 is 5.97 Å². The highest BCUT2D eigenvalue weighted by Gasteiger charge is 2.31. The second-order valence-electron chi connectivity index (χ2n) is 6.29. The molecule has 0 saturated heterocycles. The summed E-state index contributed by atoms with van der Waals surface area (Å²) in [5.74, 6) is -0.519. The average Bonchev–Trinajstić information content (AvgIpc) is 2.87. The number of anilines is 1. The van der Waals surface area contributed by atoms with E-state index in [0.29, 0.717) is 23.0 Å². The van der Waals surface area contributed by atoms with Crippen molar-refractivity contribution in [3.63, 3.8) is 0 Å². The Labute approximate surface area is 170 Å². The van der Waals surface area contributed by atoms with Gasteiger partial charge in [-0.25, -0.2) is 0 Å². The molecule has 1 aliphatic carbocycles. The standard InChI is InChI=1S/C12H14Cl3NO.C7H12O2/c13-8-1-7(12(17)5-8)6-16-11-3-9(14)2-10(15)4-11;1-2-3-4-5-6-7(8)9/h2-4,7-8,12,16-17H,1,5-6H2;2-3H,4-6H2,1H3,(H,8,9)/b;3-2-. The number of aliphatic hydroxyl groups excluding tert-OH is 1. The molecule has 3 N–H and O–H groups in total. The molecule has 3 atom stereocenters. The number of rotatable bonds is 7. The monoisotopic (exact) mass is 421 g/mol. The summed E-state index contributed by atoms with van der Waals surface area (Å²) >= 11 is 17.8. The van der Waals surface area contributed by atoms with E-state index >= 15 is 0 Å². The molecule has 26 heavy (non-hydrogen) atoms. The summed E-state index contributed by atoms with van der Waals surface area (Å²) < 4.78 is 0. The molecule has 0 amide bonds. The Morgan fingerprint density at radius 3 is 2.42 bits per heavy atom. The van der Waals surface area contributed by atoms with Gasteiger partial charge in [0.2, 0.25) is 0 Å². The van der Waals surface area contributed by atoms with E-state index in [4.69, 9.17) is 39.9 Å². The van der Waals surface area contributed by atoms with Crippen LogP contribution in [0.5, 0.6) is 0 Å². The third-order valence-electron chi connectivity index (χ3n) is 4.03. The zero-order valence-electron chi connectivity index (χ0n) is 14.8. The summed E-state index contributed by atoms with van der Waals surface area (Å²) in [6.45, 7) is 2.61. The number of halogens is 3. The van der Waals surface area contributed by atoms with Crippen molar-refractivity contribution < 1.29 is 15.0 Å². The number of carboxylic acid groups (broad SMARTS) is 1. The average molecular weight is 423 g/mol. The van der Waals surface area contributed by atoms with Gasteiger partial charge in [-0.05, 0) is 50.8 Å². The third-order valence-corrected chi connectivity index (χ3v) is 4.82. The van der Waals surface area contributed by atoms with Crippen molar-refractivity contribution in [2.24, 2.45) is 5.92 Å². The molecule has 0 heterocycles. The van der Waals surface area contributed by atoms with E-state index in [1.165, 1.54) is 0 Å². The fraction of sp³-hybridized carbons (Fsp3) is 0.526. The normalized spacial score (nSPS) is 22.1. The molecule has 1 aromatic rings. The van der Waals surface area contributed by atoms with E-state index in [2.05, 4.69) is 5.32 Å². The molecule has 0 aromatic heterocycles. The molecule has 0 bridgehead atoms. The molecular formula is C19H26Cl3NO3. The molecule has 1 aromatic carbocycles. The number of unbranched alkanes of at least 4 members (excludes halogenated alkanes) is 1. The lowest BCUT2D eigenvalue weighted by Gasteiger charge is -2.16. The number of alkyl halides is 1. The topological polar surface area (TPSA) is 69.6 Å². The molecule has 0 radical (unpaired) electrons. The molecule has 4 nitrogen and oxygen atoms in total. The zero-order valence-corrected chi connectivity index (χ0v) is 17.1. The molecule has 7 heteroatoms. The number of aliphatic hydroxyl groups is 1. The highest BCUT2D eigenvalue weighted by Crippen LogP contribution is 2.30. The molecular weight excluding hydrogens is 397 g/mol. The highest BCUT2D eigenvalue weighted by atomic mass is 35.5. The van der Waals surface area contributed by atoms with E-state index in [9.17, 15) is 9.90 Å². The van der Waals surface area contributed by atoms with Crippen LogP contribution < -0.4 is 5.32 Å². The van der Waals surface area contributed by atoms with E-state index in [1.54, 1.807) is 6.07 Å². The lowest BCUT2D eigenvalue weighted by molar-refractivity contribution is -0.137. The largest absolute Gasteiger partial charge is 0.481 e. The minimum Gasteiger partial charge on any atom is -0.481 e. The first-order chi connectivity index (χ1) is 12.3. The maximum atomic E-state index is 9.94. The zero-order chi connectivity index (χ0) is 19.5. The number of hydrogen-bond acceptors (Lipinski definition) is 3. The minimum atomic E-state index is -0.709. The van der Waals surface area contributed by atoms with Gasteiger partial charge >= 0.3 is 5.97 Å². The maximum absolute atomic E-state index is 9.94. The molecule has 146 valence electrons. The van der Waals surface area contributed by atoms with Gasteiger partial charge in [-0.15, -0.1) is 11.6 Å². The molecule has 1 aliphatic rings. The SMILES string of the molecule is C/C=C\CCCC(=O)O.OC1CC(Cl)CC1CNc1cc(Cl)cc(Cl)c1. The number of carboxylic acids is 1. The summed E-state index contributed by atoms with van der Waals surface area (Å²) in [5, 5.41) is 22.5. The Bertz CT molecular complexity index is 575. The fourth-order valence-electron chi connectivity index (χ4n) is 2.70. The summed E-state index contributed by atoms with van der Waals surface area (Å²) in [5.41, 5.74) is 0.868. The van der Waals surface area contributed by atoms with Crippen LogP contribution in [0.4, 0.5) is 5.69 Å². The molecule has 1 fully saturated rings. The van der Waals surface area contributed by atoms with Gasteiger partial charge < -0.3 is 15.5 Å². The Morgan fingerprint density at radius 1 is 1.27 bits per heavy atom. The van der Waals surface area contributed by atoms with Gasteiger partial charge in [-0.2, -0.15) is 0 Å². The van der Waals surface area contributed by atoms with Gasteiger partial charge in [0.05, 0.1) is 6.10 Å². The van der Waals surface area contributed by atoms with Gasteiger partial charge in [0, 0.05) is 40.0 Å².